The first kappa shape index (κ1) is 12.6. The third-order valence-corrected chi connectivity index (χ3v) is 3.98. The number of hydrogen-bond donors (Lipinski definition) is 1. The second-order valence-electron chi connectivity index (χ2n) is 5.23. The van der Waals surface area contributed by atoms with E-state index in [9.17, 15) is 0 Å². The lowest BCUT2D eigenvalue weighted by molar-refractivity contribution is -0.0817. The summed E-state index contributed by atoms with van der Waals surface area (Å²) in [7, 11) is 1.82. The molecule has 1 unspecified atom stereocenters. The van der Waals surface area contributed by atoms with Gasteiger partial charge in [-0.15, -0.1) is 0 Å². The molecule has 2 N–H and O–H groups in total. The molecule has 0 amide bonds. The van der Waals surface area contributed by atoms with Gasteiger partial charge in [0.15, 0.2) is 0 Å². The number of rotatable bonds is 6. The number of benzene rings is 1. The molecule has 1 fully saturated rings. The Morgan fingerprint density at radius 3 is 2.53 bits per heavy atom. The fourth-order valence-corrected chi connectivity index (χ4v) is 2.64. The van der Waals surface area contributed by atoms with Gasteiger partial charge in [0.05, 0.1) is 5.60 Å². The zero-order chi connectivity index (χ0) is 12.1. The zero-order valence-electron chi connectivity index (χ0n) is 10.7. The van der Waals surface area contributed by atoms with Gasteiger partial charge in [0.2, 0.25) is 0 Å². The van der Waals surface area contributed by atoms with Gasteiger partial charge in [-0.2, -0.15) is 0 Å². The van der Waals surface area contributed by atoms with Gasteiger partial charge in [-0.3, -0.25) is 0 Å². The van der Waals surface area contributed by atoms with Gasteiger partial charge in [0.1, 0.15) is 0 Å². The minimum Gasteiger partial charge on any atom is -0.378 e. The standard InChI is InChI=1S/C15H23NO/c1-17-15(10-5-11-15)12-14(16)9-8-13-6-3-2-4-7-13/h2-4,6-7,14H,5,8-12,16H2,1H3. The molecular weight excluding hydrogens is 210 g/mol. The van der Waals surface area contributed by atoms with E-state index in [1.54, 1.807) is 0 Å². The summed E-state index contributed by atoms with van der Waals surface area (Å²) in [6.45, 7) is 0. The van der Waals surface area contributed by atoms with E-state index >= 15 is 0 Å². The first-order valence-corrected chi connectivity index (χ1v) is 6.59. The molecule has 1 saturated carbocycles. The summed E-state index contributed by atoms with van der Waals surface area (Å²) in [5.41, 5.74) is 7.70. The Morgan fingerprint density at radius 1 is 1.29 bits per heavy atom. The van der Waals surface area contributed by atoms with E-state index in [0.717, 1.165) is 19.3 Å². The van der Waals surface area contributed by atoms with Gasteiger partial charge < -0.3 is 10.5 Å². The van der Waals surface area contributed by atoms with Crippen LogP contribution in [0.15, 0.2) is 30.3 Å². The van der Waals surface area contributed by atoms with E-state index in [0.29, 0.717) is 0 Å². The summed E-state index contributed by atoms with van der Waals surface area (Å²) in [4.78, 5) is 0. The maximum atomic E-state index is 6.21. The molecule has 1 aromatic carbocycles. The molecule has 2 nitrogen and oxygen atoms in total. The van der Waals surface area contributed by atoms with Gasteiger partial charge in [-0.1, -0.05) is 30.3 Å². The van der Waals surface area contributed by atoms with Crippen molar-refractivity contribution < 1.29 is 4.74 Å². The van der Waals surface area contributed by atoms with Gasteiger partial charge >= 0.3 is 0 Å². The van der Waals surface area contributed by atoms with Gasteiger partial charge in [0.25, 0.3) is 0 Å². The fraction of sp³-hybridized carbons (Fsp3) is 0.600. The van der Waals surface area contributed by atoms with Crippen LogP contribution in [0.3, 0.4) is 0 Å². The predicted octanol–water partition coefficient (Wildman–Crippen LogP) is 2.91. The largest absolute Gasteiger partial charge is 0.378 e. The minimum absolute atomic E-state index is 0.107. The summed E-state index contributed by atoms with van der Waals surface area (Å²) in [6, 6.07) is 10.8. The highest BCUT2D eigenvalue weighted by molar-refractivity contribution is 5.14. The van der Waals surface area contributed by atoms with Crippen LogP contribution in [-0.2, 0) is 11.2 Å². The molecule has 0 spiro atoms. The van der Waals surface area contributed by atoms with Gasteiger partial charge in [0, 0.05) is 13.2 Å². The van der Waals surface area contributed by atoms with E-state index in [4.69, 9.17) is 10.5 Å². The lowest BCUT2D eigenvalue weighted by Gasteiger charge is -2.42. The Hall–Kier alpha value is -0.860. The van der Waals surface area contributed by atoms with E-state index in [1.165, 1.54) is 24.8 Å². The molecule has 0 saturated heterocycles. The highest BCUT2D eigenvalue weighted by Crippen LogP contribution is 2.39. The van der Waals surface area contributed by atoms with Crippen LogP contribution in [0.2, 0.25) is 0 Å². The minimum atomic E-state index is 0.107. The molecule has 0 radical (unpaired) electrons. The van der Waals surface area contributed by atoms with Crippen molar-refractivity contribution in [3.8, 4) is 0 Å². The maximum Gasteiger partial charge on any atom is 0.0693 e. The van der Waals surface area contributed by atoms with E-state index in [-0.39, 0.29) is 11.6 Å². The first-order chi connectivity index (χ1) is 8.24. The van der Waals surface area contributed by atoms with Crippen molar-refractivity contribution >= 4 is 0 Å². The Bertz CT molecular complexity index is 327. The second-order valence-corrected chi connectivity index (χ2v) is 5.23. The Kier molecular flexibility index (Phi) is 4.19. The summed E-state index contributed by atoms with van der Waals surface area (Å²) >= 11 is 0. The maximum absolute atomic E-state index is 6.21. The molecule has 0 heterocycles. The van der Waals surface area contributed by atoms with E-state index < -0.39 is 0 Å². The lowest BCUT2D eigenvalue weighted by Crippen LogP contribution is -2.44. The monoisotopic (exact) mass is 233 g/mol. The topological polar surface area (TPSA) is 35.2 Å². The Morgan fingerprint density at radius 2 is 2.00 bits per heavy atom. The summed E-state index contributed by atoms with van der Waals surface area (Å²) < 4.78 is 5.62. The molecule has 1 aliphatic rings. The smallest absolute Gasteiger partial charge is 0.0693 e. The van der Waals surface area contributed by atoms with Crippen LogP contribution in [0.1, 0.15) is 37.7 Å². The summed E-state index contributed by atoms with van der Waals surface area (Å²) in [6.07, 6.45) is 6.79. The third-order valence-electron chi connectivity index (χ3n) is 3.98. The molecule has 1 atom stereocenters. The molecular formula is C15H23NO. The lowest BCUT2D eigenvalue weighted by atomic mass is 9.75. The van der Waals surface area contributed by atoms with Gasteiger partial charge in [-0.05, 0) is 44.1 Å². The molecule has 2 heteroatoms. The Labute approximate surface area is 104 Å². The Balaban J connectivity index is 1.76. The van der Waals surface area contributed by atoms with Crippen LogP contribution in [0.4, 0.5) is 0 Å². The van der Waals surface area contributed by atoms with E-state index in [1.807, 2.05) is 7.11 Å². The molecule has 2 rings (SSSR count). The molecule has 17 heavy (non-hydrogen) atoms. The third kappa shape index (κ3) is 3.30. The number of aryl methyl sites for hydroxylation is 1. The highest BCUT2D eigenvalue weighted by atomic mass is 16.5. The van der Waals surface area contributed by atoms with Crippen LogP contribution in [0.25, 0.3) is 0 Å². The molecule has 0 bridgehead atoms. The van der Waals surface area contributed by atoms with Crippen molar-refractivity contribution in [1.82, 2.24) is 0 Å². The van der Waals surface area contributed by atoms with Crippen molar-refractivity contribution in [2.75, 3.05) is 7.11 Å². The van der Waals surface area contributed by atoms with Crippen LogP contribution in [0, 0.1) is 0 Å². The molecule has 94 valence electrons. The molecule has 0 aromatic heterocycles. The number of nitrogens with two attached hydrogens (primary N) is 1. The van der Waals surface area contributed by atoms with Crippen molar-refractivity contribution in [1.29, 1.82) is 0 Å². The average molecular weight is 233 g/mol. The molecule has 0 aliphatic heterocycles. The van der Waals surface area contributed by atoms with Crippen molar-refractivity contribution in [2.24, 2.45) is 5.73 Å². The predicted molar refractivity (Wildman–Crippen MR) is 70.9 cm³/mol. The zero-order valence-corrected chi connectivity index (χ0v) is 10.7. The normalized spacial score (nSPS) is 19.6. The summed E-state index contributed by atoms with van der Waals surface area (Å²) in [5.74, 6) is 0. The summed E-state index contributed by atoms with van der Waals surface area (Å²) in [5, 5.41) is 0. The van der Waals surface area contributed by atoms with Crippen LogP contribution in [-0.4, -0.2) is 18.8 Å². The van der Waals surface area contributed by atoms with Crippen molar-refractivity contribution in [3.05, 3.63) is 35.9 Å². The van der Waals surface area contributed by atoms with Crippen LogP contribution >= 0.6 is 0 Å². The van der Waals surface area contributed by atoms with Crippen LogP contribution < -0.4 is 5.73 Å². The van der Waals surface area contributed by atoms with Crippen molar-refractivity contribution in [3.63, 3.8) is 0 Å². The SMILES string of the molecule is COC1(CC(N)CCc2ccccc2)CCC1. The number of ether oxygens (including phenoxy) is 1. The van der Waals surface area contributed by atoms with Crippen molar-refractivity contribution in [2.45, 2.75) is 50.2 Å². The van der Waals surface area contributed by atoms with Gasteiger partial charge in [-0.25, -0.2) is 0 Å². The molecule has 1 aromatic rings. The average Bonchev–Trinajstić information content (AvgIpc) is 2.33. The number of hydrogen-bond acceptors (Lipinski definition) is 2. The molecule has 1 aliphatic carbocycles. The first-order valence-electron chi connectivity index (χ1n) is 6.59. The van der Waals surface area contributed by atoms with Crippen LogP contribution in [0.5, 0.6) is 0 Å². The van der Waals surface area contributed by atoms with E-state index in [2.05, 4.69) is 30.3 Å². The fourth-order valence-electron chi connectivity index (χ4n) is 2.64. The second kappa shape index (κ2) is 5.65. The quantitative estimate of drug-likeness (QED) is 0.820. The number of methoxy groups -OCH3 is 1. The highest BCUT2D eigenvalue weighted by Gasteiger charge is 2.37.